The summed E-state index contributed by atoms with van der Waals surface area (Å²) < 4.78 is 10.7. The summed E-state index contributed by atoms with van der Waals surface area (Å²) in [5.41, 5.74) is 0.885. The Kier molecular flexibility index (Phi) is 3.24. The molecule has 0 saturated carbocycles. The minimum absolute atomic E-state index is 0.238. The quantitative estimate of drug-likeness (QED) is 0.762. The first-order valence-corrected chi connectivity index (χ1v) is 6.53. The van der Waals surface area contributed by atoms with Crippen molar-refractivity contribution >= 4 is 18.9 Å². The Morgan fingerprint density at radius 2 is 2.15 bits per heavy atom. The van der Waals surface area contributed by atoms with Gasteiger partial charge in [-0.2, -0.15) is 0 Å². The number of hydrogen-bond acceptors (Lipinski definition) is 3. The Hall–Kier alpha value is -0.220. The molecule has 13 heavy (non-hydrogen) atoms. The second kappa shape index (κ2) is 3.88. The van der Waals surface area contributed by atoms with E-state index in [-0.39, 0.29) is 6.16 Å². The van der Waals surface area contributed by atoms with Crippen LogP contribution in [-0.2, 0) is 17.1 Å². The molecule has 0 bridgehead atoms. The highest BCUT2D eigenvalue weighted by molar-refractivity contribution is 7.51. The van der Waals surface area contributed by atoms with Crippen LogP contribution in [-0.4, -0.2) is 14.8 Å². The smallest absolute Gasteiger partial charge is 0.324 e. The van der Waals surface area contributed by atoms with E-state index >= 15 is 0 Å². The number of thiazole rings is 1. The molecule has 1 aromatic rings. The molecule has 0 radical (unpaired) electrons. The average molecular weight is 221 g/mol. The second-order valence-electron chi connectivity index (χ2n) is 2.79. The second-order valence-corrected chi connectivity index (χ2v) is 5.61. The minimum atomic E-state index is -3.96. The molecule has 74 valence electrons. The van der Waals surface area contributed by atoms with Crippen molar-refractivity contribution in [3.05, 3.63) is 15.6 Å². The Labute approximate surface area is 80.8 Å². The normalized spacial score (nSPS) is 12.0. The molecule has 4 nitrogen and oxygen atoms in total. The van der Waals surface area contributed by atoms with E-state index < -0.39 is 7.60 Å². The summed E-state index contributed by atoms with van der Waals surface area (Å²) in [6.45, 7) is 3.86. The van der Waals surface area contributed by atoms with Crippen LogP contribution >= 0.6 is 18.9 Å². The van der Waals surface area contributed by atoms with Crippen LogP contribution < -0.4 is 0 Å². The van der Waals surface area contributed by atoms with Crippen molar-refractivity contribution in [2.75, 3.05) is 0 Å². The lowest BCUT2D eigenvalue weighted by molar-refractivity contribution is 0.371. The van der Waals surface area contributed by atoms with Crippen LogP contribution in [0.2, 0.25) is 0 Å². The van der Waals surface area contributed by atoms with E-state index in [1.54, 1.807) is 0 Å². The van der Waals surface area contributed by atoms with E-state index in [0.717, 1.165) is 17.0 Å². The number of aryl methyl sites for hydroxylation is 2. The Morgan fingerprint density at radius 1 is 1.54 bits per heavy atom. The molecule has 0 saturated heterocycles. The van der Waals surface area contributed by atoms with Gasteiger partial charge < -0.3 is 9.79 Å². The van der Waals surface area contributed by atoms with Crippen molar-refractivity contribution in [2.24, 2.45) is 0 Å². The zero-order valence-corrected chi connectivity index (χ0v) is 9.23. The van der Waals surface area contributed by atoms with Crippen LogP contribution in [0.25, 0.3) is 0 Å². The standard InChI is InChI=1S/C7H12NO3PS/c1-3-6-5(2)8-7(13-6)4-12(9,10)11/h3-4H2,1-2H3,(H2,9,10,11). The van der Waals surface area contributed by atoms with E-state index in [4.69, 9.17) is 9.79 Å². The maximum atomic E-state index is 10.7. The largest absolute Gasteiger partial charge is 0.332 e. The van der Waals surface area contributed by atoms with Crippen LogP contribution in [0.3, 0.4) is 0 Å². The first-order chi connectivity index (χ1) is 5.92. The van der Waals surface area contributed by atoms with Gasteiger partial charge in [-0.05, 0) is 13.3 Å². The molecule has 0 atom stereocenters. The fourth-order valence-electron chi connectivity index (χ4n) is 1.06. The maximum absolute atomic E-state index is 10.7. The molecule has 1 heterocycles. The zero-order valence-electron chi connectivity index (χ0n) is 7.52. The lowest BCUT2D eigenvalue weighted by atomic mass is 10.3. The van der Waals surface area contributed by atoms with E-state index in [2.05, 4.69) is 4.98 Å². The molecule has 0 aromatic carbocycles. The molecule has 1 rings (SSSR count). The van der Waals surface area contributed by atoms with E-state index in [1.807, 2.05) is 13.8 Å². The first kappa shape index (κ1) is 10.9. The van der Waals surface area contributed by atoms with Gasteiger partial charge in [0, 0.05) is 4.88 Å². The van der Waals surface area contributed by atoms with Crippen molar-refractivity contribution in [3.63, 3.8) is 0 Å². The number of nitrogens with zero attached hydrogens (tertiary/aromatic N) is 1. The van der Waals surface area contributed by atoms with Gasteiger partial charge in [-0.3, -0.25) is 4.57 Å². The molecule has 0 unspecified atom stereocenters. The fourth-order valence-corrected chi connectivity index (χ4v) is 3.05. The Morgan fingerprint density at radius 3 is 2.54 bits per heavy atom. The third-order valence-corrected chi connectivity index (χ3v) is 3.83. The van der Waals surface area contributed by atoms with E-state index in [1.165, 1.54) is 11.3 Å². The summed E-state index contributed by atoms with van der Waals surface area (Å²) in [7, 11) is -3.96. The number of aromatic nitrogens is 1. The summed E-state index contributed by atoms with van der Waals surface area (Å²) in [5, 5.41) is 0.530. The fraction of sp³-hybridized carbons (Fsp3) is 0.571. The number of hydrogen-bond donors (Lipinski definition) is 2. The Bertz CT molecular complexity index is 344. The SMILES string of the molecule is CCc1sc(CP(=O)(O)O)nc1C. The van der Waals surface area contributed by atoms with Crippen LogP contribution in [0, 0.1) is 6.92 Å². The lowest BCUT2D eigenvalue weighted by Crippen LogP contribution is -1.85. The average Bonchev–Trinajstić information content (AvgIpc) is 2.26. The summed E-state index contributed by atoms with van der Waals surface area (Å²) in [6, 6.07) is 0. The van der Waals surface area contributed by atoms with E-state index in [9.17, 15) is 4.57 Å². The third-order valence-electron chi connectivity index (χ3n) is 1.60. The van der Waals surface area contributed by atoms with Crippen LogP contribution in [0.5, 0.6) is 0 Å². The molecule has 0 aliphatic rings. The predicted molar refractivity (Wildman–Crippen MR) is 52.0 cm³/mol. The predicted octanol–water partition coefficient (Wildman–Crippen LogP) is 1.69. The molecular weight excluding hydrogens is 209 g/mol. The highest BCUT2D eigenvalue weighted by Gasteiger charge is 2.17. The number of rotatable bonds is 3. The van der Waals surface area contributed by atoms with Crippen molar-refractivity contribution in [2.45, 2.75) is 26.4 Å². The minimum Gasteiger partial charge on any atom is -0.324 e. The van der Waals surface area contributed by atoms with Crippen LogP contribution in [0.1, 0.15) is 22.5 Å². The third kappa shape index (κ3) is 3.19. The van der Waals surface area contributed by atoms with Crippen LogP contribution in [0.4, 0.5) is 0 Å². The highest BCUT2D eigenvalue weighted by atomic mass is 32.1. The van der Waals surface area contributed by atoms with Crippen LogP contribution in [0.15, 0.2) is 0 Å². The molecule has 0 spiro atoms. The summed E-state index contributed by atoms with van der Waals surface area (Å²) in [4.78, 5) is 22.6. The maximum Gasteiger partial charge on any atom is 0.332 e. The summed E-state index contributed by atoms with van der Waals surface area (Å²) in [6.07, 6.45) is 0.628. The molecule has 1 aromatic heterocycles. The summed E-state index contributed by atoms with van der Waals surface area (Å²) >= 11 is 1.38. The van der Waals surface area contributed by atoms with Gasteiger partial charge in [0.25, 0.3) is 0 Å². The van der Waals surface area contributed by atoms with Gasteiger partial charge in [-0.25, -0.2) is 4.98 Å². The van der Waals surface area contributed by atoms with Gasteiger partial charge in [0.2, 0.25) is 0 Å². The highest BCUT2D eigenvalue weighted by Crippen LogP contribution is 2.40. The van der Waals surface area contributed by atoms with Crippen molar-refractivity contribution < 1.29 is 14.4 Å². The van der Waals surface area contributed by atoms with Gasteiger partial charge in [0.15, 0.2) is 0 Å². The first-order valence-electron chi connectivity index (χ1n) is 3.92. The zero-order chi connectivity index (χ0) is 10.1. The van der Waals surface area contributed by atoms with Crippen molar-refractivity contribution in [3.8, 4) is 0 Å². The van der Waals surface area contributed by atoms with Gasteiger partial charge in [-0.1, -0.05) is 6.92 Å². The van der Waals surface area contributed by atoms with Gasteiger partial charge in [-0.15, -0.1) is 11.3 Å². The molecule has 0 amide bonds. The topological polar surface area (TPSA) is 70.4 Å². The molecule has 2 N–H and O–H groups in total. The van der Waals surface area contributed by atoms with Crippen molar-refractivity contribution in [1.82, 2.24) is 4.98 Å². The molecule has 0 aliphatic heterocycles. The molecule has 0 fully saturated rings. The van der Waals surface area contributed by atoms with E-state index in [0.29, 0.717) is 5.01 Å². The van der Waals surface area contributed by atoms with Crippen molar-refractivity contribution in [1.29, 1.82) is 0 Å². The summed E-state index contributed by atoms with van der Waals surface area (Å²) in [5.74, 6) is 0. The van der Waals surface area contributed by atoms with Gasteiger partial charge in [0.1, 0.15) is 11.2 Å². The lowest BCUT2D eigenvalue weighted by Gasteiger charge is -1.98. The monoisotopic (exact) mass is 221 g/mol. The molecule has 6 heteroatoms. The Balaban J connectivity index is 2.86. The van der Waals surface area contributed by atoms with Gasteiger partial charge in [0.05, 0.1) is 5.69 Å². The molecule has 0 aliphatic carbocycles. The van der Waals surface area contributed by atoms with Gasteiger partial charge >= 0.3 is 7.60 Å². The molecular formula is C7H12NO3PS.